The number of rotatable bonds is 6. The Morgan fingerprint density at radius 1 is 1.14 bits per heavy atom. The second-order valence-electron chi connectivity index (χ2n) is 4.59. The molecule has 2 rings (SSSR count). The van der Waals surface area contributed by atoms with Crippen molar-refractivity contribution >= 4 is 23.2 Å². The van der Waals surface area contributed by atoms with Gasteiger partial charge in [-0.25, -0.2) is 0 Å². The molecule has 0 aromatic heterocycles. The molecule has 0 spiro atoms. The Hall–Kier alpha value is -2.00. The molecule has 0 aliphatic carbocycles. The van der Waals surface area contributed by atoms with E-state index >= 15 is 0 Å². The van der Waals surface area contributed by atoms with Crippen LogP contribution in [-0.2, 0) is 11.2 Å². The fraction of sp³-hybridized carbons (Fsp3) is 0.235. The van der Waals surface area contributed by atoms with Crippen molar-refractivity contribution in [2.75, 3.05) is 11.9 Å². The number of benzene rings is 2. The number of ether oxygens (including phenoxy) is 1. The largest absolute Gasteiger partial charge is 0.491 e. The van der Waals surface area contributed by atoms with Crippen LogP contribution in [0.5, 0.6) is 5.75 Å². The van der Waals surface area contributed by atoms with Gasteiger partial charge < -0.3 is 10.1 Å². The SMILES string of the molecule is CCc1ccccc1NC(=O)CCOc1ccccc1Cl. The zero-order valence-electron chi connectivity index (χ0n) is 11.9. The summed E-state index contributed by atoms with van der Waals surface area (Å²) in [4.78, 5) is 11.9. The second kappa shape index (κ2) is 7.70. The fourth-order valence-electron chi connectivity index (χ4n) is 1.98. The summed E-state index contributed by atoms with van der Waals surface area (Å²) in [6, 6.07) is 15.0. The molecule has 0 unspecified atom stereocenters. The van der Waals surface area contributed by atoms with Gasteiger partial charge in [0.15, 0.2) is 0 Å². The lowest BCUT2D eigenvalue weighted by molar-refractivity contribution is -0.116. The summed E-state index contributed by atoms with van der Waals surface area (Å²) in [5.74, 6) is 0.531. The molecule has 0 saturated heterocycles. The molecular weight excluding hydrogens is 286 g/mol. The zero-order valence-corrected chi connectivity index (χ0v) is 12.7. The van der Waals surface area contributed by atoms with E-state index in [0.29, 0.717) is 17.4 Å². The number of para-hydroxylation sites is 2. The molecule has 0 heterocycles. The van der Waals surface area contributed by atoms with Crippen LogP contribution >= 0.6 is 11.6 Å². The maximum absolute atomic E-state index is 11.9. The fourth-order valence-corrected chi connectivity index (χ4v) is 2.17. The van der Waals surface area contributed by atoms with E-state index in [1.807, 2.05) is 36.4 Å². The number of nitrogens with one attached hydrogen (secondary N) is 1. The molecule has 0 fully saturated rings. The third kappa shape index (κ3) is 4.50. The molecule has 3 nitrogen and oxygen atoms in total. The highest BCUT2D eigenvalue weighted by Crippen LogP contribution is 2.23. The predicted molar refractivity (Wildman–Crippen MR) is 86.0 cm³/mol. The van der Waals surface area contributed by atoms with E-state index in [1.54, 1.807) is 12.1 Å². The monoisotopic (exact) mass is 303 g/mol. The third-order valence-corrected chi connectivity index (χ3v) is 3.41. The maximum atomic E-state index is 11.9. The number of hydrogen-bond donors (Lipinski definition) is 1. The molecule has 2 aromatic carbocycles. The Morgan fingerprint density at radius 3 is 2.62 bits per heavy atom. The molecule has 0 saturated carbocycles. The Balaban J connectivity index is 1.84. The minimum absolute atomic E-state index is 0.0667. The molecule has 0 aliphatic rings. The molecule has 0 atom stereocenters. The van der Waals surface area contributed by atoms with Gasteiger partial charge in [0, 0.05) is 5.69 Å². The van der Waals surface area contributed by atoms with Crippen LogP contribution in [-0.4, -0.2) is 12.5 Å². The molecule has 0 radical (unpaired) electrons. The second-order valence-corrected chi connectivity index (χ2v) is 4.99. The lowest BCUT2D eigenvalue weighted by atomic mass is 10.1. The predicted octanol–water partition coefficient (Wildman–Crippen LogP) is 4.31. The van der Waals surface area contributed by atoms with Crippen molar-refractivity contribution in [3.05, 3.63) is 59.1 Å². The highest BCUT2D eigenvalue weighted by atomic mass is 35.5. The molecule has 1 amide bonds. The highest BCUT2D eigenvalue weighted by molar-refractivity contribution is 6.32. The van der Waals surface area contributed by atoms with Crippen LogP contribution in [0.4, 0.5) is 5.69 Å². The van der Waals surface area contributed by atoms with Gasteiger partial charge >= 0.3 is 0 Å². The third-order valence-electron chi connectivity index (χ3n) is 3.10. The van der Waals surface area contributed by atoms with Gasteiger partial charge in [0.1, 0.15) is 5.75 Å². The van der Waals surface area contributed by atoms with Gasteiger partial charge in [0.05, 0.1) is 18.1 Å². The van der Waals surface area contributed by atoms with Crippen LogP contribution in [0.1, 0.15) is 18.9 Å². The van der Waals surface area contributed by atoms with E-state index in [4.69, 9.17) is 16.3 Å². The molecule has 0 aliphatic heterocycles. The van der Waals surface area contributed by atoms with E-state index in [0.717, 1.165) is 17.7 Å². The summed E-state index contributed by atoms with van der Waals surface area (Å²) in [7, 11) is 0. The molecule has 4 heteroatoms. The van der Waals surface area contributed by atoms with Crippen molar-refractivity contribution < 1.29 is 9.53 Å². The smallest absolute Gasteiger partial charge is 0.227 e. The first-order valence-corrected chi connectivity index (χ1v) is 7.33. The minimum atomic E-state index is -0.0667. The summed E-state index contributed by atoms with van der Waals surface area (Å²) in [6.45, 7) is 2.36. The van der Waals surface area contributed by atoms with Crippen LogP contribution in [0.25, 0.3) is 0 Å². The highest BCUT2D eigenvalue weighted by Gasteiger charge is 2.06. The topological polar surface area (TPSA) is 38.3 Å². The number of halogens is 1. The number of amides is 1. The van der Waals surface area contributed by atoms with Crippen molar-refractivity contribution in [3.63, 3.8) is 0 Å². The number of anilines is 1. The number of aryl methyl sites for hydroxylation is 1. The number of carbonyl (C=O) groups excluding carboxylic acids is 1. The van der Waals surface area contributed by atoms with Gasteiger partial charge in [0.2, 0.25) is 5.91 Å². The van der Waals surface area contributed by atoms with Crippen molar-refractivity contribution in [2.45, 2.75) is 19.8 Å². The quantitative estimate of drug-likeness (QED) is 0.863. The van der Waals surface area contributed by atoms with Crippen LogP contribution in [0.3, 0.4) is 0 Å². The van der Waals surface area contributed by atoms with E-state index in [9.17, 15) is 4.79 Å². The van der Waals surface area contributed by atoms with Crippen LogP contribution in [0.2, 0.25) is 5.02 Å². The summed E-state index contributed by atoms with van der Waals surface area (Å²) in [5, 5.41) is 3.46. The summed E-state index contributed by atoms with van der Waals surface area (Å²) in [6.07, 6.45) is 1.16. The average Bonchev–Trinajstić information content (AvgIpc) is 2.50. The van der Waals surface area contributed by atoms with Crippen LogP contribution < -0.4 is 10.1 Å². The molecular formula is C17H18ClNO2. The molecule has 1 N–H and O–H groups in total. The summed E-state index contributed by atoms with van der Waals surface area (Å²) >= 11 is 5.98. The number of hydrogen-bond acceptors (Lipinski definition) is 2. The van der Waals surface area contributed by atoms with Crippen LogP contribution in [0, 0.1) is 0 Å². The van der Waals surface area contributed by atoms with Gasteiger partial charge in [0.25, 0.3) is 0 Å². The first-order chi connectivity index (χ1) is 10.2. The first-order valence-electron chi connectivity index (χ1n) is 6.95. The number of carbonyl (C=O) groups is 1. The molecule has 2 aromatic rings. The molecule has 0 bridgehead atoms. The van der Waals surface area contributed by atoms with Gasteiger partial charge in [-0.15, -0.1) is 0 Å². The van der Waals surface area contributed by atoms with Gasteiger partial charge in [-0.2, -0.15) is 0 Å². The van der Waals surface area contributed by atoms with Crippen molar-refractivity contribution in [2.24, 2.45) is 0 Å². The zero-order chi connectivity index (χ0) is 15.1. The van der Waals surface area contributed by atoms with Crippen molar-refractivity contribution in [1.82, 2.24) is 0 Å². The van der Waals surface area contributed by atoms with E-state index < -0.39 is 0 Å². The van der Waals surface area contributed by atoms with Crippen molar-refractivity contribution in [1.29, 1.82) is 0 Å². The van der Waals surface area contributed by atoms with E-state index in [1.165, 1.54) is 0 Å². The van der Waals surface area contributed by atoms with Crippen molar-refractivity contribution in [3.8, 4) is 5.75 Å². The summed E-state index contributed by atoms with van der Waals surface area (Å²) < 4.78 is 5.51. The van der Waals surface area contributed by atoms with Crippen LogP contribution in [0.15, 0.2) is 48.5 Å². The average molecular weight is 304 g/mol. The first kappa shape index (κ1) is 15.4. The van der Waals surface area contributed by atoms with Gasteiger partial charge in [-0.3, -0.25) is 4.79 Å². The van der Waals surface area contributed by atoms with Gasteiger partial charge in [-0.05, 0) is 30.2 Å². The lowest BCUT2D eigenvalue weighted by Gasteiger charge is -2.10. The van der Waals surface area contributed by atoms with Gasteiger partial charge in [-0.1, -0.05) is 48.9 Å². The Labute approximate surface area is 129 Å². The minimum Gasteiger partial charge on any atom is -0.491 e. The summed E-state index contributed by atoms with van der Waals surface area (Å²) in [5.41, 5.74) is 1.99. The Kier molecular flexibility index (Phi) is 5.64. The maximum Gasteiger partial charge on any atom is 0.227 e. The Bertz CT molecular complexity index is 613. The Morgan fingerprint density at radius 2 is 1.86 bits per heavy atom. The standard InChI is InChI=1S/C17H18ClNO2/c1-2-13-7-3-5-9-15(13)19-17(20)11-12-21-16-10-6-4-8-14(16)18/h3-10H,2,11-12H2,1H3,(H,19,20). The molecule has 21 heavy (non-hydrogen) atoms. The van der Waals surface area contributed by atoms with E-state index in [2.05, 4.69) is 12.2 Å². The molecule has 110 valence electrons. The normalized spacial score (nSPS) is 10.2. The van der Waals surface area contributed by atoms with E-state index in [-0.39, 0.29) is 12.3 Å². The lowest BCUT2D eigenvalue weighted by Crippen LogP contribution is -2.16.